The molecule has 21 heavy (non-hydrogen) atoms. The van der Waals surface area contributed by atoms with Gasteiger partial charge in [-0.05, 0) is 30.3 Å². The van der Waals surface area contributed by atoms with Crippen LogP contribution in [-0.2, 0) is 0 Å². The lowest BCUT2D eigenvalue weighted by Gasteiger charge is -2.09. The molecule has 0 fully saturated rings. The zero-order valence-electron chi connectivity index (χ0n) is 10.2. The first-order valence-corrected chi connectivity index (χ1v) is 8.01. The van der Waals surface area contributed by atoms with Gasteiger partial charge in [-0.3, -0.25) is 4.79 Å². The molecule has 0 atom stereocenters. The van der Waals surface area contributed by atoms with Crippen molar-refractivity contribution < 1.29 is 4.79 Å². The van der Waals surface area contributed by atoms with Gasteiger partial charge in [0.05, 0.1) is 33.0 Å². The number of benzene rings is 2. The minimum absolute atomic E-state index is 0.349. The Morgan fingerprint density at radius 3 is 2.71 bits per heavy atom. The second kappa shape index (κ2) is 5.88. The highest BCUT2D eigenvalue weighted by Gasteiger charge is 2.16. The van der Waals surface area contributed by atoms with Crippen molar-refractivity contribution in [2.24, 2.45) is 0 Å². The Balaban J connectivity index is 2.02. The second-order valence-corrected chi connectivity index (χ2v) is 6.39. The maximum Gasteiger partial charge on any atom is 0.257 e. The number of nitrogens with zero attached hydrogens (tertiary/aromatic N) is 2. The Labute approximate surface area is 142 Å². The summed E-state index contributed by atoms with van der Waals surface area (Å²) in [6.07, 6.45) is 0. The number of amides is 1. The maximum atomic E-state index is 12.4. The van der Waals surface area contributed by atoms with Gasteiger partial charge in [0, 0.05) is 4.47 Å². The molecule has 106 valence electrons. The van der Waals surface area contributed by atoms with Crippen LogP contribution < -0.4 is 5.32 Å². The molecule has 1 N–H and O–H groups in total. The molecule has 0 bridgehead atoms. The summed E-state index contributed by atoms with van der Waals surface area (Å²) in [6, 6.07) is 8.47. The van der Waals surface area contributed by atoms with Gasteiger partial charge in [-0.2, -0.15) is 8.75 Å². The average molecular weight is 403 g/mol. The zero-order valence-corrected chi connectivity index (χ0v) is 14.1. The van der Waals surface area contributed by atoms with E-state index in [1.807, 2.05) is 0 Å². The molecule has 8 heteroatoms. The first kappa shape index (κ1) is 14.7. The van der Waals surface area contributed by atoms with Crippen LogP contribution >= 0.6 is 50.9 Å². The van der Waals surface area contributed by atoms with Gasteiger partial charge in [0.15, 0.2) is 0 Å². The van der Waals surface area contributed by atoms with Gasteiger partial charge < -0.3 is 5.32 Å². The molecule has 0 saturated heterocycles. The van der Waals surface area contributed by atoms with E-state index < -0.39 is 0 Å². The Morgan fingerprint density at radius 1 is 1.14 bits per heavy atom. The molecule has 1 heterocycles. The molecular formula is C13H6BrCl2N3OS. The van der Waals surface area contributed by atoms with Gasteiger partial charge in [0.2, 0.25) is 0 Å². The topological polar surface area (TPSA) is 54.9 Å². The van der Waals surface area contributed by atoms with Crippen LogP contribution in [-0.4, -0.2) is 14.7 Å². The van der Waals surface area contributed by atoms with Crippen LogP contribution in [0.1, 0.15) is 10.4 Å². The number of carbonyl (C=O) groups is 1. The Kier molecular flexibility index (Phi) is 4.12. The maximum absolute atomic E-state index is 12.4. The Hall–Kier alpha value is -1.21. The van der Waals surface area contributed by atoms with E-state index in [0.717, 1.165) is 16.2 Å². The lowest BCUT2D eigenvalue weighted by Crippen LogP contribution is -2.13. The highest BCUT2D eigenvalue weighted by atomic mass is 79.9. The van der Waals surface area contributed by atoms with E-state index >= 15 is 0 Å². The van der Waals surface area contributed by atoms with Crippen molar-refractivity contribution in [2.75, 3.05) is 5.32 Å². The molecule has 0 aliphatic carbocycles. The van der Waals surface area contributed by atoms with Crippen LogP contribution in [0.25, 0.3) is 11.0 Å². The number of carbonyl (C=O) groups excluding carboxylic acids is 1. The van der Waals surface area contributed by atoms with E-state index in [-0.39, 0.29) is 5.91 Å². The van der Waals surface area contributed by atoms with Crippen molar-refractivity contribution in [3.05, 3.63) is 50.4 Å². The molecule has 3 rings (SSSR count). The van der Waals surface area contributed by atoms with Crippen molar-refractivity contribution >= 4 is 73.5 Å². The fourth-order valence-corrected chi connectivity index (χ4v) is 3.10. The van der Waals surface area contributed by atoms with E-state index in [0.29, 0.717) is 32.3 Å². The van der Waals surface area contributed by atoms with Gasteiger partial charge in [-0.15, -0.1) is 0 Å². The lowest BCUT2D eigenvalue weighted by molar-refractivity contribution is 0.102. The van der Waals surface area contributed by atoms with Crippen molar-refractivity contribution in [1.82, 2.24) is 8.75 Å². The molecule has 0 saturated carbocycles. The predicted octanol–water partition coefficient (Wildman–Crippen LogP) is 5.01. The fourth-order valence-electron chi connectivity index (χ4n) is 1.80. The van der Waals surface area contributed by atoms with E-state index in [9.17, 15) is 4.79 Å². The van der Waals surface area contributed by atoms with E-state index in [4.69, 9.17) is 23.2 Å². The standard InChI is InChI=1S/C13H6BrCl2N3OS/c14-6-1-2-8(15)7(5-6)13(20)17-11-9(16)3-4-10-12(11)19-21-18-10/h1-5H,(H,17,20). The van der Waals surface area contributed by atoms with Crippen LogP contribution in [0.4, 0.5) is 5.69 Å². The molecule has 4 nitrogen and oxygen atoms in total. The quantitative estimate of drug-likeness (QED) is 0.655. The number of rotatable bonds is 2. The van der Waals surface area contributed by atoms with Crippen LogP contribution in [0.3, 0.4) is 0 Å². The molecule has 1 aromatic heterocycles. The lowest BCUT2D eigenvalue weighted by atomic mass is 10.2. The van der Waals surface area contributed by atoms with Gasteiger partial charge in [0.1, 0.15) is 11.0 Å². The van der Waals surface area contributed by atoms with Gasteiger partial charge in [0.25, 0.3) is 5.91 Å². The number of anilines is 1. The Morgan fingerprint density at radius 2 is 1.90 bits per heavy atom. The minimum Gasteiger partial charge on any atom is -0.319 e. The summed E-state index contributed by atoms with van der Waals surface area (Å²) in [7, 11) is 0. The molecule has 2 aromatic carbocycles. The summed E-state index contributed by atoms with van der Waals surface area (Å²) >= 11 is 16.6. The second-order valence-electron chi connectivity index (χ2n) is 4.13. The van der Waals surface area contributed by atoms with Crippen LogP contribution in [0.2, 0.25) is 10.0 Å². The van der Waals surface area contributed by atoms with Crippen molar-refractivity contribution in [2.45, 2.75) is 0 Å². The summed E-state index contributed by atoms with van der Waals surface area (Å²) in [5.41, 5.74) is 2.03. The minimum atomic E-state index is -0.358. The molecule has 0 spiro atoms. The third-order valence-corrected chi connectivity index (χ3v) is 4.47. The Bertz CT molecular complexity index is 853. The van der Waals surface area contributed by atoms with Gasteiger partial charge in [-0.1, -0.05) is 39.1 Å². The molecule has 0 aliphatic heterocycles. The largest absolute Gasteiger partial charge is 0.319 e. The summed E-state index contributed by atoms with van der Waals surface area (Å²) in [5.74, 6) is -0.358. The summed E-state index contributed by atoms with van der Waals surface area (Å²) in [4.78, 5) is 12.4. The van der Waals surface area contributed by atoms with E-state index in [1.54, 1.807) is 30.3 Å². The van der Waals surface area contributed by atoms with Crippen molar-refractivity contribution in [3.8, 4) is 0 Å². The molecular weight excluding hydrogens is 397 g/mol. The van der Waals surface area contributed by atoms with Crippen molar-refractivity contribution in [1.29, 1.82) is 0 Å². The molecule has 1 amide bonds. The number of aromatic nitrogens is 2. The van der Waals surface area contributed by atoms with Gasteiger partial charge in [-0.25, -0.2) is 0 Å². The molecule has 0 radical (unpaired) electrons. The van der Waals surface area contributed by atoms with E-state index in [2.05, 4.69) is 30.0 Å². The average Bonchev–Trinajstić information content (AvgIpc) is 2.93. The summed E-state index contributed by atoms with van der Waals surface area (Å²) in [6.45, 7) is 0. The number of nitrogens with one attached hydrogen (secondary N) is 1. The third kappa shape index (κ3) is 2.89. The van der Waals surface area contributed by atoms with E-state index in [1.165, 1.54) is 0 Å². The van der Waals surface area contributed by atoms with Crippen molar-refractivity contribution in [3.63, 3.8) is 0 Å². The smallest absolute Gasteiger partial charge is 0.257 e. The van der Waals surface area contributed by atoms with Gasteiger partial charge >= 0.3 is 0 Å². The number of halogens is 3. The predicted molar refractivity (Wildman–Crippen MR) is 89.5 cm³/mol. The molecule has 0 unspecified atom stereocenters. The SMILES string of the molecule is O=C(Nc1c(Cl)ccc2nsnc12)c1cc(Br)ccc1Cl. The third-order valence-electron chi connectivity index (χ3n) is 2.79. The molecule has 0 aliphatic rings. The monoisotopic (exact) mass is 401 g/mol. The fraction of sp³-hybridized carbons (Fsp3) is 0. The number of fused-ring (bicyclic) bond motifs is 1. The van der Waals surface area contributed by atoms with Crippen LogP contribution in [0.5, 0.6) is 0 Å². The summed E-state index contributed by atoms with van der Waals surface area (Å²) < 4.78 is 9.04. The normalized spacial score (nSPS) is 10.8. The number of hydrogen-bond acceptors (Lipinski definition) is 4. The first-order chi connectivity index (χ1) is 10.1. The van der Waals surface area contributed by atoms with Crippen LogP contribution in [0.15, 0.2) is 34.8 Å². The zero-order chi connectivity index (χ0) is 15.0. The van der Waals surface area contributed by atoms with Crippen LogP contribution in [0, 0.1) is 0 Å². The highest BCUT2D eigenvalue weighted by Crippen LogP contribution is 2.31. The summed E-state index contributed by atoms with van der Waals surface area (Å²) in [5, 5.41) is 3.51. The molecule has 3 aromatic rings. The first-order valence-electron chi connectivity index (χ1n) is 5.73. The highest BCUT2D eigenvalue weighted by molar-refractivity contribution is 9.10. The number of hydrogen-bond donors (Lipinski definition) is 1.